The molecule has 0 N–H and O–H groups in total. The smallest absolute Gasteiger partial charge is 0.267 e. The van der Waals surface area contributed by atoms with Crippen LogP contribution in [0.3, 0.4) is 0 Å². The van der Waals surface area contributed by atoms with E-state index < -0.39 is 0 Å². The van der Waals surface area contributed by atoms with E-state index in [2.05, 4.69) is 0 Å². The molecule has 2 aromatic carbocycles. The van der Waals surface area contributed by atoms with Gasteiger partial charge in [0.25, 0.3) is 5.56 Å². The lowest BCUT2D eigenvalue weighted by Crippen LogP contribution is -2.22. The highest BCUT2D eigenvalue weighted by Gasteiger charge is 2.23. The van der Waals surface area contributed by atoms with Crippen molar-refractivity contribution in [2.45, 2.75) is 37.8 Å². The van der Waals surface area contributed by atoms with Gasteiger partial charge in [0.05, 0.1) is 33.5 Å². The van der Waals surface area contributed by atoms with Crippen LogP contribution in [-0.2, 0) is 12.8 Å². The predicted molar refractivity (Wildman–Crippen MR) is 145 cm³/mol. The Morgan fingerprint density at radius 3 is 2.63 bits per heavy atom. The van der Waals surface area contributed by atoms with Gasteiger partial charge in [-0.2, -0.15) is 0 Å². The molecule has 0 bridgehead atoms. The first-order valence-electron chi connectivity index (χ1n) is 11.4. The molecule has 0 aliphatic heterocycles. The van der Waals surface area contributed by atoms with E-state index >= 15 is 0 Å². The lowest BCUT2D eigenvalue weighted by atomic mass is 9.97. The summed E-state index contributed by atoms with van der Waals surface area (Å²) in [7, 11) is 0. The van der Waals surface area contributed by atoms with Gasteiger partial charge in [0.2, 0.25) is 0 Å². The molecule has 4 aromatic rings. The van der Waals surface area contributed by atoms with Crippen LogP contribution in [0.4, 0.5) is 0 Å². The Morgan fingerprint density at radius 2 is 1.89 bits per heavy atom. The van der Waals surface area contributed by atoms with Crippen molar-refractivity contribution in [2.75, 3.05) is 12.4 Å². The third-order valence-electron chi connectivity index (χ3n) is 5.94. The van der Waals surface area contributed by atoms with Crippen LogP contribution >= 0.6 is 46.3 Å². The largest absolute Gasteiger partial charge is 0.494 e. The van der Waals surface area contributed by atoms with Crippen molar-refractivity contribution < 1.29 is 9.53 Å². The minimum atomic E-state index is -0.119. The Labute approximate surface area is 221 Å². The van der Waals surface area contributed by atoms with Crippen LogP contribution in [0.15, 0.2) is 52.4 Å². The van der Waals surface area contributed by atoms with Gasteiger partial charge in [-0.15, -0.1) is 11.3 Å². The van der Waals surface area contributed by atoms with Crippen molar-refractivity contribution in [1.82, 2.24) is 9.55 Å². The Hall–Kier alpha value is -2.32. The second-order valence-electron chi connectivity index (χ2n) is 8.19. The molecule has 5 rings (SSSR count). The molecule has 0 saturated carbocycles. The number of hydrogen-bond donors (Lipinski definition) is 0. The van der Waals surface area contributed by atoms with Gasteiger partial charge in [0.1, 0.15) is 10.6 Å². The predicted octanol–water partition coefficient (Wildman–Crippen LogP) is 7.01. The molecule has 0 fully saturated rings. The van der Waals surface area contributed by atoms with Gasteiger partial charge in [-0.25, -0.2) is 4.98 Å². The Bertz CT molecular complexity index is 1480. The summed E-state index contributed by atoms with van der Waals surface area (Å²) in [6, 6.07) is 12.2. The van der Waals surface area contributed by atoms with Crippen LogP contribution < -0.4 is 10.3 Å². The number of hydrogen-bond acceptors (Lipinski definition) is 6. The fourth-order valence-electron chi connectivity index (χ4n) is 4.25. The summed E-state index contributed by atoms with van der Waals surface area (Å²) < 4.78 is 7.18. The van der Waals surface area contributed by atoms with Crippen molar-refractivity contribution in [1.29, 1.82) is 0 Å². The molecule has 0 atom stereocenters. The van der Waals surface area contributed by atoms with Crippen molar-refractivity contribution in [2.24, 2.45) is 0 Å². The van der Waals surface area contributed by atoms with Crippen LogP contribution in [0.2, 0.25) is 10.0 Å². The quantitative estimate of drug-likeness (QED) is 0.142. The number of aryl methyl sites for hydroxylation is 2. The highest BCUT2D eigenvalue weighted by molar-refractivity contribution is 7.99. The molecule has 0 radical (unpaired) electrons. The van der Waals surface area contributed by atoms with E-state index in [1.165, 1.54) is 16.6 Å². The number of fused-ring (bicyclic) bond motifs is 3. The number of thiophene rings is 1. The fraction of sp³-hybridized carbons (Fsp3) is 0.269. The van der Waals surface area contributed by atoms with Gasteiger partial charge in [-0.05, 0) is 80.6 Å². The van der Waals surface area contributed by atoms with Gasteiger partial charge in [-0.3, -0.25) is 14.2 Å². The minimum absolute atomic E-state index is 0.0944. The first-order valence-corrected chi connectivity index (χ1v) is 13.9. The molecule has 5 nitrogen and oxygen atoms in total. The molecule has 0 saturated heterocycles. The third kappa shape index (κ3) is 4.87. The molecule has 2 heterocycles. The second-order valence-corrected chi connectivity index (χ2v) is 11.0. The van der Waals surface area contributed by atoms with Crippen molar-refractivity contribution in [3.05, 3.63) is 78.9 Å². The summed E-state index contributed by atoms with van der Waals surface area (Å²) in [6.45, 7) is 2.49. The average molecular weight is 546 g/mol. The summed E-state index contributed by atoms with van der Waals surface area (Å²) in [6.07, 6.45) is 4.09. The van der Waals surface area contributed by atoms with E-state index in [-0.39, 0.29) is 17.1 Å². The first kappa shape index (κ1) is 24.4. The third-order valence-corrected chi connectivity index (χ3v) is 8.80. The normalized spacial score (nSPS) is 13.1. The minimum Gasteiger partial charge on any atom is -0.494 e. The second kappa shape index (κ2) is 10.3. The number of Topliss-reactive ketones (excluding diaryl/α,β-unsaturated/α-hetero) is 1. The maximum Gasteiger partial charge on any atom is 0.267 e. The lowest BCUT2D eigenvalue weighted by molar-refractivity contribution is 0.102. The number of halogens is 2. The van der Waals surface area contributed by atoms with E-state index in [4.69, 9.17) is 32.9 Å². The molecule has 180 valence electrons. The van der Waals surface area contributed by atoms with Crippen LogP contribution in [0.1, 0.15) is 40.6 Å². The van der Waals surface area contributed by atoms with Gasteiger partial charge in [0.15, 0.2) is 10.9 Å². The molecule has 0 amide bonds. The fourth-order valence-corrected chi connectivity index (χ4v) is 6.76. The van der Waals surface area contributed by atoms with Crippen molar-refractivity contribution in [3.63, 3.8) is 0 Å². The lowest BCUT2D eigenvalue weighted by Gasteiger charge is -2.14. The first-order chi connectivity index (χ1) is 17.0. The summed E-state index contributed by atoms with van der Waals surface area (Å²) in [5.74, 6) is 0.722. The number of carbonyl (C=O) groups is 1. The SMILES string of the molecule is CCOc1ccc(-n2c(SCC(=O)c3ccc(Cl)c(Cl)c3)nc3sc4c(c3c2=O)CCCC4)cc1. The van der Waals surface area contributed by atoms with Gasteiger partial charge in [-0.1, -0.05) is 35.0 Å². The molecule has 2 aromatic heterocycles. The number of aromatic nitrogens is 2. The Kier molecular flexibility index (Phi) is 7.21. The molecule has 1 aliphatic rings. The van der Waals surface area contributed by atoms with Gasteiger partial charge < -0.3 is 4.74 Å². The number of rotatable bonds is 7. The summed E-state index contributed by atoms with van der Waals surface area (Å²) in [5.41, 5.74) is 2.20. The molecule has 1 aliphatic carbocycles. The zero-order valence-electron chi connectivity index (χ0n) is 19.0. The summed E-state index contributed by atoms with van der Waals surface area (Å²) in [4.78, 5) is 33.6. The highest BCUT2D eigenvalue weighted by Crippen LogP contribution is 2.35. The van der Waals surface area contributed by atoms with Gasteiger partial charge in [0, 0.05) is 10.4 Å². The summed E-state index contributed by atoms with van der Waals surface area (Å²) in [5, 5.41) is 1.92. The molecule has 35 heavy (non-hydrogen) atoms. The Balaban J connectivity index is 1.57. The number of ketones is 1. The maximum absolute atomic E-state index is 13.9. The van der Waals surface area contributed by atoms with E-state index in [1.54, 1.807) is 34.1 Å². The van der Waals surface area contributed by atoms with Crippen molar-refractivity contribution in [3.8, 4) is 11.4 Å². The summed E-state index contributed by atoms with van der Waals surface area (Å²) >= 11 is 14.9. The van der Waals surface area contributed by atoms with Gasteiger partial charge >= 0.3 is 0 Å². The number of ether oxygens (including phenoxy) is 1. The number of thioether (sulfide) groups is 1. The van der Waals surface area contributed by atoms with Crippen LogP contribution in [0, 0.1) is 0 Å². The highest BCUT2D eigenvalue weighted by atomic mass is 35.5. The number of carbonyl (C=O) groups excluding carboxylic acids is 1. The standard InChI is InChI=1S/C26H22Cl2N2O3S2/c1-2-33-17-10-8-16(9-11-17)30-25(32)23-18-5-3-4-6-22(18)35-24(23)29-26(30)34-14-21(31)15-7-12-19(27)20(28)13-15/h7-13H,2-6,14H2,1H3. The average Bonchev–Trinajstić information content (AvgIpc) is 3.24. The van der Waals surface area contributed by atoms with E-state index in [9.17, 15) is 9.59 Å². The molecular formula is C26H22Cl2N2O3S2. The topological polar surface area (TPSA) is 61.2 Å². The van der Waals surface area contributed by atoms with E-state index in [1.807, 2.05) is 31.2 Å². The van der Waals surface area contributed by atoms with Crippen LogP contribution in [0.25, 0.3) is 15.9 Å². The van der Waals surface area contributed by atoms with Crippen LogP contribution in [-0.4, -0.2) is 27.7 Å². The monoisotopic (exact) mass is 544 g/mol. The van der Waals surface area contributed by atoms with E-state index in [0.29, 0.717) is 38.4 Å². The Morgan fingerprint density at radius 1 is 1.11 bits per heavy atom. The molecule has 9 heteroatoms. The van der Waals surface area contributed by atoms with Crippen molar-refractivity contribution >= 4 is 62.3 Å². The molecule has 0 spiro atoms. The molecular weight excluding hydrogens is 523 g/mol. The van der Waals surface area contributed by atoms with Crippen LogP contribution in [0.5, 0.6) is 5.75 Å². The zero-order valence-corrected chi connectivity index (χ0v) is 22.1. The number of benzene rings is 2. The van der Waals surface area contributed by atoms with E-state index in [0.717, 1.165) is 41.8 Å². The zero-order chi connectivity index (χ0) is 24.5. The number of nitrogens with zero attached hydrogens (tertiary/aromatic N) is 2. The maximum atomic E-state index is 13.9. The molecule has 0 unspecified atom stereocenters.